The third-order valence-corrected chi connectivity index (χ3v) is 5.17. The first-order chi connectivity index (χ1) is 8.81. The fraction of sp³-hybridized carbons (Fsp3) is 1.00. The number of rotatable bonds is 4. The fourth-order valence-corrected chi connectivity index (χ4v) is 3.58. The minimum Gasteiger partial charge on any atom is -0.311 e. The van der Waals surface area contributed by atoms with Gasteiger partial charge in [0.05, 0.1) is 0 Å². The van der Waals surface area contributed by atoms with E-state index in [1.54, 1.807) is 0 Å². The van der Waals surface area contributed by atoms with E-state index in [-0.39, 0.29) is 0 Å². The SMILES string of the molecule is CN1CCC(CCN2CCNC(C3CC3)C2)CC1. The van der Waals surface area contributed by atoms with E-state index in [1.165, 1.54) is 71.4 Å². The molecule has 2 heterocycles. The summed E-state index contributed by atoms with van der Waals surface area (Å²) in [4.78, 5) is 5.20. The zero-order valence-corrected chi connectivity index (χ0v) is 11.9. The van der Waals surface area contributed by atoms with Crippen LogP contribution in [0, 0.1) is 11.8 Å². The second kappa shape index (κ2) is 5.89. The molecule has 104 valence electrons. The van der Waals surface area contributed by atoms with Crippen molar-refractivity contribution < 1.29 is 0 Å². The third kappa shape index (κ3) is 3.46. The maximum absolute atomic E-state index is 3.71. The van der Waals surface area contributed by atoms with Gasteiger partial charge in [0.25, 0.3) is 0 Å². The number of hydrogen-bond donors (Lipinski definition) is 1. The minimum absolute atomic E-state index is 0.816. The van der Waals surface area contributed by atoms with Gasteiger partial charge >= 0.3 is 0 Å². The Hall–Kier alpha value is -0.120. The van der Waals surface area contributed by atoms with E-state index in [0.29, 0.717) is 0 Å². The number of nitrogens with one attached hydrogen (secondary N) is 1. The molecule has 1 N–H and O–H groups in total. The Kier molecular flexibility index (Phi) is 4.22. The molecule has 0 radical (unpaired) electrons. The van der Waals surface area contributed by atoms with Gasteiger partial charge in [-0.05, 0) is 70.6 Å². The van der Waals surface area contributed by atoms with Gasteiger partial charge in [0.15, 0.2) is 0 Å². The smallest absolute Gasteiger partial charge is 0.0223 e. The molecule has 3 fully saturated rings. The Balaban J connectivity index is 1.37. The Morgan fingerprint density at radius 2 is 1.83 bits per heavy atom. The molecular formula is C15H29N3. The third-order valence-electron chi connectivity index (χ3n) is 5.17. The average molecular weight is 251 g/mol. The minimum atomic E-state index is 0.816. The summed E-state index contributed by atoms with van der Waals surface area (Å²) in [6, 6.07) is 0.816. The topological polar surface area (TPSA) is 18.5 Å². The molecule has 1 atom stereocenters. The van der Waals surface area contributed by atoms with Gasteiger partial charge in [-0.15, -0.1) is 0 Å². The summed E-state index contributed by atoms with van der Waals surface area (Å²) in [5.41, 5.74) is 0. The lowest BCUT2D eigenvalue weighted by Crippen LogP contribution is -2.52. The van der Waals surface area contributed by atoms with Crippen LogP contribution in [0.4, 0.5) is 0 Å². The van der Waals surface area contributed by atoms with Gasteiger partial charge in [-0.25, -0.2) is 0 Å². The van der Waals surface area contributed by atoms with Crippen LogP contribution in [0.5, 0.6) is 0 Å². The molecule has 3 aliphatic rings. The highest BCUT2D eigenvalue weighted by Gasteiger charge is 2.33. The second-order valence-electron chi connectivity index (χ2n) is 6.73. The van der Waals surface area contributed by atoms with Crippen LogP contribution in [-0.2, 0) is 0 Å². The molecule has 1 unspecified atom stereocenters. The molecule has 0 aromatic carbocycles. The molecule has 3 rings (SSSR count). The largest absolute Gasteiger partial charge is 0.311 e. The van der Waals surface area contributed by atoms with E-state index in [1.807, 2.05) is 0 Å². The van der Waals surface area contributed by atoms with Crippen molar-refractivity contribution in [2.24, 2.45) is 11.8 Å². The molecule has 18 heavy (non-hydrogen) atoms. The number of piperazine rings is 1. The normalized spacial score (nSPS) is 32.8. The molecule has 0 amide bonds. The zero-order chi connectivity index (χ0) is 12.4. The van der Waals surface area contributed by atoms with Crippen molar-refractivity contribution in [3.63, 3.8) is 0 Å². The predicted molar refractivity (Wildman–Crippen MR) is 75.8 cm³/mol. The van der Waals surface area contributed by atoms with E-state index in [0.717, 1.165) is 17.9 Å². The first-order valence-electron chi connectivity index (χ1n) is 7.95. The van der Waals surface area contributed by atoms with Gasteiger partial charge in [0.2, 0.25) is 0 Å². The van der Waals surface area contributed by atoms with E-state index < -0.39 is 0 Å². The van der Waals surface area contributed by atoms with Gasteiger partial charge in [-0.3, -0.25) is 0 Å². The van der Waals surface area contributed by atoms with Crippen molar-refractivity contribution in [1.29, 1.82) is 0 Å². The molecule has 0 aromatic heterocycles. The zero-order valence-electron chi connectivity index (χ0n) is 11.9. The summed E-state index contributed by atoms with van der Waals surface area (Å²) >= 11 is 0. The summed E-state index contributed by atoms with van der Waals surface area (Å²) in [6.07, 6.45) is 7.23. The summed E-state index contributed by atoms with van der Waals surface area (Å²) in [7, 11) is 2.26. The Bertz CT molecular complexity index is 256. The van der Waals surface area contributed by atoms with Crippen molar-refractivity contribution in [2.75, 3.05) is 46.3 Å². The number of nitrogens with zero attached hydrogens (tertiary/aromatic N) is 2. The van der Waals surface area contributed by atoms with E-state index in [2.05, 4.69) is 22.2 Å². The Labute approximate surface area is 112 Å². The van der Waals surface area contributed by atoms with Crippen LogP contribution in [0.1, 0.15) is 32.1 Å². The molecule has 0 aromatic rings. The standard InChI is InChI=1S/C15H29N3/c1-17-8-4-13(5-9-17)6-10-18-11-7-16-15(12-18)14-2-3-14/h13-16H,2-12H2,1H3. The van der Waals surface area contributed by atoms with Crippen molar-refractivity contribution >= 4 is 0 Å². The Morgan fingerprint density at radius 1 is 1.06 bits per heavy atom. The molecule has 2 saturated heterocycles. The summed E-state index contributed by atoms with van der Waals surface area (Å²) in [5, 5.41) is 3.71. The summed E-state index contributed by atoms with van der Waals surface area (Å²) in [6.45, 7) is 7.79. The molecule has 1 saturated carbocycles. The quantitative estimate of drug-likeness (QED) is 0.815. The lowest BCUT2D eigenvalue weighted by molar-refractivity contribution is 0.156. The molecule has 0 bridgehead atoms. The molecule has 0 spiro atoms. The molecule has 3 heteroatoms. The number of hydrogen-bond acceptors (Lipinski definition) is 3. The van der Waals surface area contributed by atoms with E-state index in [9.17, 15) is 0 Å². The first kappa shape index (κ1) is 12.9. The molecule has 1 aliphatic carbocycles. The van der Waals surface area contributed by atoms with E-state index >= 15 is 0 Å². The highest BCUT2D eigenvalue weighted by atomic mass is 15.2. The maximum atomic E-state index is 3.71. The lowest BCUT2D eigenvalue weighted by Gasteiger charge is -2.35. The van der Waals surface area contributed by atoms with Crippen LogP contribution < -0.4 is 5.32 Å². The average Bonchev–Trinajstić information content (AvgIpc) is 3.23. The van der Waals surface area contributed by atoms with Gasteiger partial charge in [0.1, 0.15) is 0 Å². The summed E-state index contributed by atoms with van der Waals surface area (Å²) < 4.78 is 0. The van der Waals surface area contributed by atoms with Gasteiger partial charge in [-0.2, -0.15) is 0 Å². The predicted octanol–water partition coefficient (Wildman–Crippen LogP) is 1.40. The van der Waals surface area contributed by atoms with Crippen molar-refractivity contribution in [3.05, 3.63) is 0 Å². The second-order valence-corrected chi connectivity index (χ2v) is 6.73. The molecular weight excluding hydrogens is 222 g/mol. The highest BCUT2D eigenvalue weighted by Crippen LogP contribution is 2.33. The van der Waals surface area contributed by atoms with Crippen LogP contribution >= 0.6 is 0 Å². The lowest BCUT2D eigenvalue weighted by atomic mass is 9.93. The molecule has 2 aliphatic heterocycles. The van der Waals surface area contributed by atoms with Crippen molar-refractivity contribution in [1.82, 2.24) is 15.1 Å². The van der Waals surface area contributed by atoms with Gasteiger partial charge < -0.3 is 15.1 Å². The Morgan fingerprint density at radius 3 is 2.56 bits per heavy atom. The number of piperidine rings is 1. The van der Waals surface area contributed by atoms with Crippen LogP contribution in [0.2, 0.25) is 0 Å². The highest BCUT2D eigenvalue weighted by molar-refractivity contribution is 4.91. The van der Waals surface area contributed by atoms with Crippen molar-refractivity contribution in [3.8, 4) is 0 Å². The van der Waals surface area contributed by atoms with E-state index in [4.69, 9.17) is 0 Å². The monoisotopic (exact) mass is 251 g/mol. The first-order valence-corrected chi connectivity index (χ1v) is 7.95. The fourth-order valence-electron chi connectivity index (χ4n) is 3.58. The summed E-state index contributed by atoms with van der Waals surface area (Å²) in [5.74, 6) is 2.01. The van der Waals surface area contributed by atoms with Gasteiger partial charge in [-0.1, -0.05) is 0 Å². The van der Waals surface area contributed by atoms with Crippen LogP contribution in [0.15, 0.2) is 0 Å². The maximum Gasteiger partial charge on any atom is 0.0223 e. The van der Waals surface area contributed by atoms with Crippen LogP contribution in [0.3, 0.4) is 0 Å². The van der Waals surface area contributed by atoms with Crippen molar-refractivity contribution in [2.45, 2.75) is 38.1 Å². The molecule has 3 nitrogen and oxygen atoms in total. The number of likely N-dealkylation sites (tertiary alicyclic amines) is 1. The van der Waals surface area contributed by atoms with Crippen LogP contribution in [-0.4, -0.2) is 62.2 Å². The van der Waals surface area contributed by atoms with Gasteiger partial charge in [0, 0.05) is 25.7 Å². The van der Waals surface area contributed by atoms with Crippen LogP contribution in [0.25, 0.3) is 0 Å².